The van der Waals surface area contributed by atoms with Crippen molar-refractivity contribution in [1.29, 1.82) is 5.26 Å². The highest BCUT2D eigenvalue weighted by Crippen LogP contribution is 2.21. The predicted molar refractivity (Wildman–Crippen MR) is 99.1 cm³/mol. The average molecular weight is 336 g/mol. The first-order valence-corrected chi connectivity index (χ1v) is 8.85. The van der Waals surface area contributed by atoms with Crippen LogP contribution in [0.4, 0.5) is 0 Å². The third-order valence-corrected chi connectivity index (χ3v) is 4.49. The molecule has 0 aliphatic heterocycles. The van der Waals surface area contributed by atoms with Gasteiger partial charge in [0.05, 0.1) is 11.6 Å². The Morgan fingerprint density at radius 1 is 1.29 bits per heavy atom. The lowest BCUT2D eigenvalue weighted by Crippen LogP contribution is -2.31. The minimum absolute atomic E-state index is 0.00680. The minimum atomic E-state index is -0.00680. The largest absolute Gasteiger partial charge is 0.331 e. The van der Waals surface area contributed by atoms with Gasteiger partial charge in [-0.25, -0.2) is 0 Å². The zero-order valence-corrected chi connectivity index (χ0v) is 14.8. The number of rotatable bonds is 6. The van der Waals surface area contributed by atoms with Gasteiger partial charge in [0.1, 0.15) is 0 Å². The van der Waals surface area contributed by atoms with Crippen LogP contribution >= 0.6 is 11.8 Å². The number of hydrogen-bond acceptors (Lipinski definition) is 3. The molecule has 122 valence electrons. The Balaban J connectivity index is 2.27. The number of carbonyl (C=O) groups is 1. The molecule has 0 fully saturated rings. The molecule has 0 heterocycles. The van der Waals surface area contributed by atoms with Crippen LogP contribution in [-0.4, -0.2) is 23.6 Å². The van der Waals surface area contributed by atoms with Gasteiger partial charge in [0.25, 0.3) is 5.91 Å². The Hall–Kier alpha value is -2.51. The lowest BCUT2D eigenvalue weighted by atomic mass is 10.1. The predicted octanol–water partition coefficient (Wildman–Crippen LogP) is 4.42. The number of hydrogen-bond donors (Lipinski definition) is 0. The summed E-state index contributed by atoms with van der Waals surface area (Å²) in [6.07, 6.45) is 3.73. The van der Waals surface area contributed by atoms with Gasteiger partial charge in [0, 0.05) is 23.5 Å². The summed E-state index contributed by atoms with van der Waals surface area (Å²) in [6, 6.07) is 15.3. The SMILES string of the molecule is C=CCN(Cc1ccc(C#N)cc1)C(=O)c1cc(SC)ccc1C. The molecule has 2 aromatic carbocycles. The molecule has 0 saturated carbocycles. The van der Waals surface area contributed by atoms with E-state index in [9.17, 15) is 4.79 Å². The van der Waals surface area contributed by atoms with E-state index in [0.29, 0.717) is 18.7 Å². The van der Waals surface area contributed by atoms with E-state index in [1.165, 1.54) is 0 Å². The van der Waals surface area contributed by atoms with Crippen LogP contribution in [0.2, 0.25) is 0 Å². The van der Waals surface area contributed by atoms with Crippen LogP contribution < -0.4 is 0 Å². The normalized spacial score (nSPS) is 10.0. The van der Waals surface area contributed by atoms with E-state index in [0.717, 1.165) is 21.6 Å². The average Bonchev–Trinajstić information content (AvgIpc) is 2.62. The van der Waals surface area contributed by atoms with Crippen LogP contribution in [-0.2, 0) is 6.54 Å². The van der Waals surface area contributed by atoms with Gasteiger partial charge in [-0.15, -0.1) is 18.3 Å². The molecule has 0 atom stereocenters. The summed E-state index contributed by atoms with van der Waals surface area (Å²) in [7, 11) is 0. The third kappa shape index (κ3) is 4.27. The molecule has 2 rings (SSSR count). The van der Waals surface area contributed by atoms with Crippen LogP contribution in [0.3, 0.4) is 0 Å². The highest BCUT2D eigenvalue weighted by atomic mass is 32.2. The van der Waals surface area contributed by atoms with Crippen molar-refractivity contribution in [3.63, 3.8) is 0 Å². The first-order valence-electron chi connectivity index (χ1n) is 7.63. The smallest absolute Gasteiger partial charge is 0.254 e. The molecule has 24 heavy (non-hydrogen) atoms. The number of nitriles is 1. The van der Waals surface area contributed by atoms with E-state index in [1.54, 1.807) is 34.9 Å². The molecule has 1 amide bonds. The molecule has 3 nitrogen and oxygen atoms in total. The number of amides is 1. The zero-order chi connectivity index (χ0) is 17.5. The van der Waals surface area contributed by atoms with Crippen molar-refractivity contribution in [2.75, 3.05) is 12.8 Å². The van der Waals surface area contributed by atoms with Crippen molar-refractivity contribution in [3.05, 3.63) is 77.4 Å². The number of benzene rings is 2. The third-order valence-electron chi connectivity index (χ3n) is 3.77. The second-order valence-corrected chi connectivity index (χ2v) is 6.34. The molecule has 0 aliphatic carbocycles. The van der Waals surface area contributed by atoms with Crippen molar-refractivity contribution < 1.29 is 4.79 Å². The molecule has 0 unspecified atom stereocenters. The second kappa shape index (κ2) is 8.37. The van der Waals surface area contributed by atoms with Crippen molar-refractivity contribution in [1.82, 2.24) is 4.90 Å². The van der Waals surface area contributed by atoms with Crippen LogP contribution in [0.15, 0.2) is 60.0 Å². The Kier molecular flexibility index (Phi) is 6.22. The summed E-state index contributed by atoms with van der Waals surface area (Å²) in [5, 5.41) is 8.88. The zero-order valence-electron chi connectivity index (χ0n) is 14.0. The van der Waals surface area contributed by atoms with E-state index in [2.05, 4.69) is 12.6 Å². The van der Waals surface area contributed by atoms with Crippen LogP contribution in [0, 0.1) is 18.3 Å². The summed E-state index contributed by atoms with van der Waals surface area (Å²) in [5.41, 5.74) is 3.29. The maximum atomic E-state index is 13.0. The van der Waals surface area contributed by atoms with Crippen LogP contribution in [0.5, 0.6) is 0 Å². The Labute approximate surface area is 147 Å². The van der Waals surface area contributed by atoms with E-state index >= 15 is 0 Å². The van der Waals surface area contributed by atoms with E-state index < -0.39 is 0 Å². The molecule has 2 aromatic rings. The van der Waals surface area contributed by atoms with Gasteiger partial charge < -0.3 is 4.90 Å². The lowest BCUT2D eigenvalue weighted by Gasteiger charge is -2.22. The Morgan fingerprint density at radius 2 is 2.00 bits per heavy atom. The lowest BCUT2D eigenvalue weighted by molar-refractivity contribution is 0.0761. The van der Waals surface area contributed by atoms with Crippen LogP contribution in [0.25, 0.3) is 0 Å². The summed E-state index contributed by atoms with van der Waals surface area (Å²) < 4.78 is 0. The topological polar surface area (TPSA) is 44.1 Å². The van der Waals surface area contributed by atoms with Crippen molar-refractivity contribution in [3.8, 4) is 6.07 Å². The molecule has 0 N–H and O–H groups in total. The van der Waals surface area contributed by atoms with Crippen LogP contribution in [0.1, 0.15) is 27.0 Å². The highest BCUT2D eigenvalue weighted by Gasteiger charge is 2.17. The van der Waals surface area contributed by atoms with E-state index in [4.69, 9.17) is 5.26 Å². The summed E-state index contributed by atoms with van der Waals surface area (Å²) in [5.74, 6) is -0.00680. The Morgan fingerprint density at radius 3 is 2.58 bits per heavy atom. The van der Waals surface area contributed by atoms with Gasteiger partial charge in [0.15, 0.2) is 0 Å². The molecule has 4 heteroatoms. The van der Waals surface area contributed by atoms with Gasteiger partial charge in [-0.3, -0.25) is 4.79 Å². The summed E-state index contributed by atoms with van der Waals surface area (Å²) >= 11 is 1.62. The number of thioether (sulfide) groups is 1. The fraction of sp³-hybridized carbons (Fsp3) is 0.200. The number of carbonyl (C=O) groups excluding carboxylic acids is 1. The highest BCUT2D eigenvalue weighted by molar-refractivity contribution is 7.98. The van der Waals surface area contributed by atoms with Gasteiger partial charge in [-0.2, -0.15) is 5.26 Å². The minimum Gasteiger partial charge on any atom is -0.331 e. The monoisotopic (exact) mass is 336 g/mol. The van der Waals surface area contributed by atoms with Gasteiger partial charge >= 0.3 is 0 Å². The first kappa shape index (κ1) is 17.8. The first-order chi connectivity index (χ1) is 11.6. The van der Waals surface area contributed by atoms with Gasteiger partial charge in [-0.1, -0.05) is 24.3 Å². The quantitative estimate of drug-likeness (QED) is 0.579. The van der Waals surface area contributed by atoms with Crippen molar-refractivity contribution >= 4 is 17.7 Å². The van der Waals surface area contributed by atoms with Gasteiger partial charge in [0.2, 0.25) is 0 Å². The Bertz CT molecular complexity index is 775. The van der Waals surface area contributed by atoms with E-state index in [-0.39, 0.29) is 5.91 Å². The standard InChI is InChI=1S/C20H20N2OS/c1-4-11-22(14-17-8-6-16(13-21)7-9-17)20(23)19-12-18(24-3)10-5-15(19)2/h4-10,12H,1,11,14H2,2-3H3. The van der Waals surface area contributed by atoms with Crippen molar-refractivity contribution in [2.45, 2.75) is 18.4 Å². The van der Waals surface area contributed by atoms with Gasteiger partial charge in [-0.05, 0) is 48.6 Å². The molecule has 0 saturated heterocycles. The number of nitrogens with zero attached hydrogens (tertiary/aromatic N) is 2. The molecule has 0 spiro atoms. The van der Waals surface area contributed by atoms with Crippen molar-refractivity contribution in [2.24, 2.45) is 0 Å². The maximum Gasteiger partial charge on any atom is 0.254 e. The molecule has 0 aromatic heterocycles. The molecule has 0 radical (unpaired) electrons. The molecular weight excluding hydrogens is 316 g/mol. The number of aryl methyl sites for hydroxylation is 1. The van der Waals surface area contributed by atoms with E-state index in [1.807, 2.05) is 43.5 Å². The molecular formula is C20H20N2OS. The molecule has 0 bridgehead atoms. The maximum absolute atomic E-state index is 13.0. The summed E-state index contributed by atoms with van der Waals surface area (Å²) in [6.45, 7) is 6.67. The molecule has 0 aliphatic rings. The second-order valence-electron chi connectivity index (χ2n) is 5.46. The fourth-order valence-corrected chi connectivity index (χ4v) is 2.85. The fourth-order valence-electron chi connectivity index (χ4n) is 2.41. The summed E-state index contributed by atoms with van der Waals surface area (Å²) in [4.78, 5) is 15.8.